The highest BCUT2D eigenvalue weighted by atomic mass is 14.0. The van der Waals surface area contributed by atoms with Gasteiger partial charge in [0, 0.05) is 6.15 Å². The Morgan fingerprint density at radius 1 is 1.22 bits per heavy atom. The summed E-state index contributed by atoms with van der Waals surface area (Å²) in [5, 5.41) is 0. The fourth-order valence-corrected chi connectivity index (χ4v) is 0.715. The molecule has 0 spiro atoms. The molecule has 9 heavy (non-hydrogen) atoms. The molecule has 0 aromatic heterocycles. The Kier molecular flexibility index (Phi) is 13.6. The third kappa shape index (κ3) is 11.3. The summed E-state index contributed by atoms with van der Waals surface area (Å²) in [5.74, 6) is 0. The summed E-state index contributed by atoms with van der Waals surface area (Å²) in [7, 11) is 0. The van der Waals surface area contributed by atoms with Crippen LogP contribution in [0.5, 0.6) is 0 Å². The topological polar surface area (TPSA) is 30.5 Å². The summed E-state index contributed by atoms with van der Waals surface area (Å²) < 4.78 is 0. The van der Waals surface area contributed by atoms with Gasteiger partial charge in [0.1, 0.15) is 0 Å². The summed E-state index contributed by atoms with van der Waals surface area (Å²) >= 11 is 0. The van der Waals surface area contributed by atoms with Crippen LogP contribution in [0.4, 0.5) is 0 Å². The lowest BCUT2D eigenvalue weighted by Crippen LogP contribution is -1.71. The molecule has 0 saturated heterocycles. The average Bonchev–Trinajstić information content (AvgIpc) is 1.81. The van der Waals surface area contributed by atoms with Gasteiger partial charge >= 0.3 is 0 Å². The van der Waals surface area contributed by atoms with E-state index in [1.165, 1.54) is 32.1 Å². The van der Waals surface area contributed by atoms with Crippen molar-refractivity contribution in [3.63, 3.8) is 0 Å². The SMILES string of the molecule is C=CCCCCCC.[N]. The van der Waals surface area contributed by atoms with Crippen molar-refractivity contribution in [3.8, 4) is 0 Å². The Hall–Kier alpha value is -0.300. The minimum absolute atomic E-state index is 0. The van der Waals surface area contributed by atoms with Gasteiger partial charge in [-0.1, -0.05) is 32.3 Å². The van der Waals surface area contributed by atoms with Crippen molar-refractivity contribution < 1.29 is 0 Å². The van der Waals surface area contributed by atoms with E-state index in [-0.39, 0.29) is 6.15 Å². The van der Waals surface area contributed by atoms with Gasteiger partial charge < -0.3 is 0 Å². The molecule has 53 valence electrons. The molecule has 1 nitrogen and oxygen atoms in total. The molecule has 0 aromatic carbocycles. The number of allylic oxidation sites excluding steroid dienone is 1. The summed E-state index contributed by atoms with van der Waals surface area (Å²) in [6, 6.07) is 0. The highest BCUT2D eigenvalue weighted by Gasteiger charge is 1.81. The zero-order valence-corrected chi connectivity index (χ0v) is 6.27. The number of unbranched alkanes of at least 4 members (excludes halogenated alkanes) is 4. The molecule has 0 fully saturated rings. The van der Waals surface area contributed by atoms with Gasteiger partial charge in [0.25, 0.3) is 0 Å². The third-order valence-corrected chi connectivity index (χ3v) is 1.26. The van der Waals surface area contributed by atoms with Gasteiger partial charge in [0.05, 0.1) is 0 Å². The third-order valence-electron chi connectivity index (χ3n) is 1.26. The van der Waals surface area contributed by atoms with Crippen LogP contribution in [0.1, 0.15) is 39.0 Å². The first-order valence-electron chi connectivity index (χ1n) is 3.52. The molecule has 0 bridgehead atoms. The standard InChI is InChI=1S/C8H16.N/c1-3-5-7-8-6-4-2;/h3H,1,4-8H2,2H3;. The maximum Gasteiger partial charge on any atom is 0 e. The van der Waals surface area contributed by atoms with Crippen molar-refractivity contribution in [2.45, 2.75) is 39.0 Å². The first kappa shape index (κ1) is 11.5. The Labute approximate surface area is 58.7 Å². The molecule has 0 aliphatic heterocycles. The summed E-state index contributed by atoms with van der Waals surface area (Å²) in [6.45, 7) is 5.89. The van der Waals surface area contributed by atoms with E-state index in [0.717, 1.165) is 0 Å². The first-order valence-corrected chi connectivity index (χ1v) is 3.52. The molecule has 0 aliphatic rings. The van der Waals surface area contributed by atoms with E-state index in [4.69, 9.17) is 0 Å². The van der Waals surface area contributed by atoms with Crippen LogP contribution in [0, 0.1) is 0 Å². The van der Waals surface area contributed by atoms with Crippen LogP contribution in [0.15, 0.2) is 12.7 Å². The van der Waals surface area contributed by atoms with Crippen LogP contribution in [0.25, 0.3) is 0 Å². The first-order chi connectivity index (χ1) is 3.91. The Bertz CT molecular complexity index is 50.5. The van der Waals surface area contributed by atoms with E-state index in [1.807, 2.05) is 6.08 Å². The molecule has 0 aliphatic carbocycles. The second-order valence-corrected chi connectivity index (χ2v) is 2.14. The zero-order valence-electron chi connectivity index (χ0n) is 6.27. The van der Waals surface area contributed by atoms with E-state index in [9.17, 15) is 0 Å². The number of nitrogens with zero attached hydrogens (tertiary/aromatic N) is 1. The van der Waals surface area contributed by atoms with Crippen molar-refractivity contribution >= 4 is 0 Å². The van der Waals surface area contributed by atoms with E-state index in [1.54, 1.807) is 0 Å². The van der Waals surface area contributed by atoms with Gasteiger partial charge in [-0.25, -0.2) is 0 Å². The number of hydrogen-bond donors (Lipinski definition) is 0. The minimum Gasteiger partial charge on any atom is -0.103 e. The molecule has 1 heteroatoms. The van der Waals surface area contributed by atoms with E-state index in [2.05, 4.69) is 13.5 Å². The van der Waals surface area contributed by atoms with Crippen LogP contribution < -0.4 is 6.15 Å². The van der Waals surface area contributed by atoms with Crippen molar-refractivity contribution in [1.82, 2.24) is 6.15 Å². The Morgan fingerprint density at radius 3 is 2.33 bits per heavy atom. The minimum atomic E-state index is 0. The molecule has 3 radical (unpaired) electrons. The van der Waals surface area contributed by atoms with Crippen molar-refractivity contribution in [1.29, 1.82) is 0 Å². The van der Waals surface area contributed by atoms with Gasteiger partial charge in [-0.05, 0) is 12.8 Å². The maximum atomic E-state index is 3.66. The van der Waals surface area contributed by atoms with Gasteiger partial charge in [-0.3, -0.25) is 0 Å². The molecule has 0 heterocycles. The lowest BCUT2D eigenvalue weighted by atomic mass is 10.2. The largest absolute Gasteiger partial charge is 0.103 e. The molecular formula is C8H16N. The van der Waals surface area contributed by atoms with E-state index in [0.29, 0.717) is 0 Å². The van der Waals surface area contributed by atoms with Gasteiger partial charge in [-0.15, -0.1) is 6.58 Å². The highest BCUT2D eigenvalue weighted by molar-refractivity contribution is 4.64. The fraction of sp³-hybridized carbons (Fsp3) is 0.750. The monoisotopic (exact) mass is 126 g/mol. The molecule has 0 atom stereocenters. The van der Waals surface area contributed by atoms with Gasteiger partial charge in [-0.2, -0.15) is 0 Å². The maximum absolute atomic E-state index is 3.66. The molecular weight excluding hydrogens is 110 g/mol. The predicted octanol–water partition coefficient (Wildman–Crippen LogP) is 2.66. The van der Waals surface area contributed by atoms with E-state index < -0.39 is 0 Å². The zero-order chi connectivity index (χ0) is 6.24. The molecule has 0 rings (SSSR count). The Morgan fingerprint density at radius 2 is 1.89 bits per heavy atom. The average molecular weight is 126 g/mol. The number of rotatable bonds is 5. The Balaban J connectivity index is 0. The van der Waals surface area contributed by atoms with Gasteiger partial charge in [0.15, 0.2) is 0 Å². The van der Waals surface area contributed by atoms with Crippen LogP contribution in [-0.2, 0) is 0 Å². The quantitative estimate of drug-likeness (QED) is 0.400. The lowest BCUT2D eigenvalue weighted by Gasteiger charge is -1.91. The predicted molar refractivity (Wildman–Crippen MR) is 41.1 cm³/mol. The second-order valence-electron chi connectivity index (χ2n) is 2.14. The molecule has 0 aromatic rings. The van der Waals surface area contributed by atoms with Gasteiger partial charge in [0.2, 0.25) is 0 Å². The normalized spacial score (nSPS) is 8.11. The number of hydrogen-bond acceptors (Lipinski definition) is 0. The molecule has 0 saturated carbocycles. The van der Waals surface area contributed by atoms with Crippen molar-refractivity contribution in [2.75, 3.05) is 0 Å². The summed E-state index contributed by atoms with van der Waals surface area (Å²) in [4.78, 5) is 0. The van der Waals surface area contributed by atoms with Crippen LogP contribution >= 0.6 is 0 Å². The van der Waals surface area contributed by atoms with Crippen LogP contribution in [-0.4, -0.2) is 0 Å². The van der Waals surface area contributed by atoms with Crippen LogP contribution in [0.3, 0.4) is 0 Å². The summed E-state index contributed by atoms with van der Waals surface area (Å²) in [6.07, 6.45) is 8.61. The smallest absolute Gasteiger partial charge is 0 e. The second kappa shape index (κ2) is 10.6. The summed E-state index contributed by atoms with van der Waals surface area (Å²) in [5.41, 5.74) is 0. The lowest BCUT2D eigenvalue weighted by molar-refractivity contribution is 0.675. The molecule has 0 N–H and O–H groups in total. The fourth-order valence-electron chi connectivity index (χ4n) is 0.715. The molecule has 0 amide bonds. The van der Waals surface area contributed by atoms with E-state index >= 15 is 0 Å². The van der Waals surface area contributed by atoms with Crippen LogP contribution in [0.2, 0.25) is 0 Å². The van der Waals surface area contributed by atoms with Crippen molar-refractivity contribution in [3.05, 3.63) is 12.7 Å². The highest BCUT2D eigenvalue weighted by Crippen LogP contribution is 2.01. The molecule has 0 unspecified atom stereocenters. The van der Waals surface area contributed by atoms with Crippen molar-refractivity contribution in [2.24, 2.45) is 0 Å².